The molecule has 0 aromatic heterocycles. The van der Waals surface area contributed by atoms with Crippen molar-refractivity contribution in [2.45, 2.75) is 20.8 Å². The van der Waals surface area contributed by atoms with Gasteiger partial charge in [-0.2, -0.15) is 0 Å². The van der Waals surface area contributed by atoms with Gasteiger partial charge in [-0.1, -0.05) is 11.6 Å². The first kappa shape index (κ1) is 12.2. The van der Waals surface area contributed by atoms with E-state index in [9.17, 15) is 4.79 Å². The van der Waals surface area contributed by atoms with Crippen molar-refractivity contribution in [1.29, 1.82) is 0 Å². The molecule has 0 aliphatic carbocycles. The van der Waals surface area contributed by atoms with Crippen molar-refractivity contribution >= 4 is 28.9 Å². The minimum atomic E-state index is -0.426. The van der Waals surface area contributed by atoms with Crippen LogP contribution in [0, 0.1) is 12.3 Å². The molecule has 0 atom stereocenters. The van der Waals surface area contributed by atoms with E-state index < -0.39 is 5.41 Å². The summed E-state index contributed by atoms with van der Waals surface area (Å²) in [4.78, 5) is 13.9. The Morgan fingerprint density at radius 2 is 2.06 bits per heavy atom. The number of nitrogens with one attached hydrogen (secondary N) is 1. The van der Waals surface area contributed by atoms with Gasteiger partial charge in [-0.3, -0.25) is 4.79 Å². The van der Waals surface area contributed by atoms with Crippen LogP contribution in [-0.2, 0) is 4.79 Å². The highest BCUT2D eigenvalue weighted by molar-refractivity contribution is 6.35. The van der Waals surface area contributed by atoms with Crippen molar-refractivity contribution < 1.29 is 4.79 Å². The first-order valence-corrected chi connectivity index (χ1v) is 6.03. The second-order valence-electron chi connectivity index (χ2n) is 5.24. The third-order valence-electron chi connectivity index (χ3n) is 3.15. The molecule has 0 radical (unpaired) electrons. The number of aryl methyl sites for hydroxylation is 1. The van der Waals surface area contributed by atoms with Crippen LogP contribution < -0.4 is 10.2 Å². The third-order valence-corrected chi connectivity index (χ3v) is 3.44. The number of anilines is 2. The van der Waals surface area contributed by atoms with Crippen molar-refractivity contribution in [3.63, 3.8) is 0 Å². The Morgan fingerprint density at radius 3 is 2.71 bits per heavy atom. The predicted molar refractivity (Wildman–Crippen MR) is 71.9 cm³/mol. The molecule has 17 heavy (non-hydrogen) atoms. The Kier molecular flexibility index (Phi) is 2.82. The maximum atomic E-state index is 12.3. The quantitative estimate of drug-likeness (QED) is 0.770. The van der Waals surface area contributed by atoms with Gasteiger partial charge in [0.05, 0.1) is 21.8 Å². The Morgan fingerprint density at radius 1 is 1.41 bits per heavy atom. The minimum Gasteiger partial charge on any atom is -0.382 e. The molecule has 1 N–H and O–H groups in total. The molecule has 2 rings (SSSR count). The van der Waals surface area contributed by atoms with E-state index in [1.165, 1.54) is 0 Å². The number of halogens is 1. The number of benzene rings is 1. The van der Waals surface area contributed by atoms with Crippen molar-refractivity contribution in [2.24, 2.45) is 5.41 Å². The molecular formula is C13H17ClN2O. The van der Waals surface area contributed by atoms with E-state index in [1.54, 1.807) is 11.9 Å². The number of carbonyl (C=O) groups is 1. The molecule has 1 aliphatic rings. The van der Waals surface area contributed by atoms with E-state index >= 15 is 0 Å². The lowest BCUT2D eigenvalue weighted by atomic mass is 9.92. The predicted octanol–water partition coefficient (Wildman–Crippen LogP) is 3.06. The van der Waals surface area contributed by atoms with Gasteiger partial charge in [0.2, 0.25) is 5.91 Å². The van der Waals surface area contributed by atoms with Crippen molar-refractivity contribution in [3.8, 4) is 0 Å². The second kappa shape index (κ2) is 3.91. The summed E-state index contributed by atoms with van der Waals surface area (Å²) in [5.74, 6) is 0.0782. The highest BCUT2D eigenvalue weighted by Crippen LogP contribution is 2.39. The maximum Gasteiger partial charge on any atom is 0.234 e. The van der Waals surface area contributed by atoms with E-state index in [1.807, 2.05) is 32.9 Å². The summed E-state index contributed by atoms with van der Waals surface area (Å²) in [5.41, 5.74) is 2.36. The first-order chi connectivity index (χ1) is 7.83. The number of carbonyl (C=O) groups excluding carboxylic acids is 1. The summed E-state index contributed by atoms with van der Waals surface area (Å²) in [5, 5.41) is 3.92. The van der Waals surface area contributed by atoms with Crippen molar-refractivity contribution in [3.05, 3.63) is 22.7 Å². The molecule has 0 bridgehead atoms. The molecule has 0 saturated heterocycles. The van der Waals surface area contributed by atoms with Gasteiger partial charge in [0, 0.05) is 13.6 Å². The zero-order valence-corrected chi connectivity index (χ0v) is 11.4. The van der Waals surface area contributed by atoms with Crippen LogP contribution in [0.15, 0.2) is 12.1 Å². The Bertz CT molecular complexity index is 483. The number of hydrogen-bond acceptors (Lipinski definition) is 2. The van der Waals surface area contributed by atoms with Gasteiger partial charge in [-0.25, -0.2) is 0 Å². The molecule has 1 amide bonds. The Labute approximate surface area is 107 Å². The zero-order valence-electron chi connectivity index (χ0n) is 10.6. The van der Waals surface area contributed by atoms with Gasteiger partial charge >= 0.3 is 0 Å². The first-order valence-electron chi connectivity index (χ1n) is 5.65. The van der Waals surface area contributed by atoms with Gasteiger partial charge in [0.25, 0.3) is 0 Å². The number of fused-ring (bicyclic) bond motifs is 1. The normalized spacial score (nSPS) is 18.4. The lowest BCUT2D eigenvalue weighted by molar-refractivity contribution is -0.125. The van der Waals surface area contributed by atoms with Crippen LogP contribution in [0.4, 0.5) is 11.4 Å². The third kappa shape index (κ3) is 2.00. The van der Waals surface area contributed by atoms with Crippen molar-refractivity contribution in [2.75, 3.05) is 23.8 Å². The van der Waals surface area contributed by atoms with Gasteiger partial charge < -0.3 is 10.2 Å². The average molecular weight is 253 g/mol. The van der Waals surface area contributed by atoms with Gasteiger partial charge in [-0.15, -0.1) is 0 Å². The van der Waals surface area contributed by atoms with Crippen LogP contribution in [0.2, 0.25) is 5.02 Å². The largest absolute Gasteiger partial charge is 0.382 e. The number of hydrogen-bond donors (Lipinski definition) is 1. The number of rotatable bonds is 0. The lowest BCUT2D eigenvalue weighted by Gasteiger charge is -2.25. The summed E-state index contributed by atoms with van der Waals surface area (Å²) < 4.78 is 0. The standard InChI is InChI=1S/C13H17ClN2O/c1-8-5-9(14)11-10(6-8)15-7-13(2,3)12(17)16(11)4/h5-6,15H,7H2,1-4H3. The smallest absolute Gasteiger partial charge is 0.234 e. The molecule has 0 fully saturated rings. The number of amides is 1. The van der Waals surface area contributed by atoms with Crippen molar-refractivity contribution in [1.82, 2.24) is 0 Å². The zero-order chi connectivity index (χ0) is 12.8. The van der Waals surface area contributed by atoms with Gasteiger partial charge in [-0.05, 0) is 38.5 Å². The van der Waals surface area contributed by atoms with E-state index in [0.29, 0.717) is 11.6 Å². The highest BCUT2D eigenvalue weighted by Gasteiger charge is 2.35. The molecule has 1 aliphatic heterocycles. The monoisotopic (exact) mass is 252 g/mol. The van der Waals surface area contributed by atoms with E-state index in [2.05, 4.69) is 5.32 Å². The lowest BCUT2D eigenvalue weighted by Crippen LogP contribution is -2.40. The second-order valence-corrected chi connectivity index (χ2v) is 5.65. The Balaban J connectivity index is 2.59. The SMILES string of the molecule is Cc1cc(Cl)c2c(c1)NCC(C)(C)C(=O)N2C. The summed E-state index contributed by atoms with van der Waals surface area (Å²) >= 11 is 6.24. The van der Waals surface area contributed by atoms with Crippen LogP contribution in [0.5, 0.6) is 0 Å². The Hall–Kier alpha value is -1.22. The fourth-order valence-electron chi connectivity index (χ4n) is 2.16. The van der Waals surface area contributed by atoms with Crippen LogP contribution >= 0.6 is 11.6 Å². The fraction of sp³-hybridized carbons (Fsp3) is 0.462. The molecule has 0 spiro atoms. The summed E-state index contributed by atoms with van der Waals surface area (Å²) in [6.07, 6.45) is 0. The van der Waals surface area contributed by atoms with Crippen LogP contribution in [0.3, 0.4) is 0 Å². The van der Waals surface area contributed by atoms with Gasteiger partial charge in [0.1, 0.15) is 0 Å². The maximum absolute atomic E-state index is 12.3. The van der Waals surface area contributed by atoms with E-state index in [4.69, 9.17) is 11.6 Å². The topological polar surface area (TPSA) is 32.3 Å². The molecule has 1 aromatic carbocycles. The summed E-state index contributed by atoms with van der Waals surface area (Å²) in [6.45, 7) is 6.48. The van der Waals surface area contributed by atoms with Crippen LogP contribution in [-0.4, -0.2) is 19.5 Å². The molecule has 3 nitrogen and oxygen atoms in total. The summed E-state index contributed by atoms with van der Waals surface area (Å²) in [7, 11) is 1.77. The molecule has 0 saturated carbocycles. The highest BCUT2D eigenvalue weighted by atomic mass is 35.5. The average Bonchev–Trinajstić information content (AvgIpc) is 2.30. The molecular weight excluding hydrogens is 236 g/mol. The minimum absolute atomic E-state index is 0.0782. The van der Waals surface area contributed by atoms with Crippen LogP contribution in [0.1, 0.15) is 19.4 Å². The van der Waals surface area contributed by atoms with E-state index in [-0.39, 0.29) is 5.91 Å². The molecule has 1 heterocycles. The fourth-order valence-corrected chi connectivity index (χ4v) is 2.56. The molecule has 0 unspecified atom stereocenters. The van der Waals surface area contributed by atoms with Gasteiger partial charge in [0.15, 0.2) is 0 Å². The van der Waals surface area contributed by atoms with E-state index in [0.717, 1.165) is 16.9 Å². The number of nitrogens with zero attached hydrogens (tertiary/aromatic N) is 1. The molecule has 1 aromatic rings. The summed E-state index contributed by atoms with van der Waals surface area (Å²) in [6, 6.07) is 3.90. The molecule has 4 heteroatoms. The van der Waals surface area contributed by atoms with Crippen LogP contribution in [0.25, 0.3) is 0 Å². The molecule has 92 valence electrons.